The van der Waals surface area contributed by atoms with Crippen LogP contribution in [0, 0.1) is 25.7 Å². The Hall–Kier alpha value is -3.37. The summed E-state index contributed by atoms with van der Waals surface area (Å²) in [4.78, 5) is 5.18. The molecule has 2 fully saturated rings. The summed E-state index contributed by atoms with van der Waals surface area (Å²) in [5.41, 5.74) is 10.2. The molecule has 6 rings (SSSR count). The van der Waals surface area contributed by atoms with Gasteiger partial charge in [0.1, 0.15) is 5.69 Å². The molecule has 0 spiro atoms. The highest BCUT2D eigenvalue weighted by atomic mass is 15.3. The summed E-state index contributed by atoms with van der Waals surface area (Å²) in [7, 11) is 2.09. The van der Waals surface area contributed by atoms with Gasteiger partial charge in [-0.1, -0.05) is 67.2 Å². The van der Waals surface area contributed by atoms with Crippen molar-refractivity contribution < 1.29 is 0 Å². The van der Waals surface area contributed by atoms with Crippen molar-refractivity contribution in [2.45, 2.75) is 46.1 Å². The lowest BCUT2D eigenvalue weighted by atomic mass is 9.92. The molecule has 1 saturated carbocycles. The van der Waals surface area contributed by atoms with Crippen LogP contribution in [0.2, 0.25) is 0 Å². The monoisotopic (exact) mass is 504 g/mol. The molecule has 4 aromatic rings. The predicted molar refractivity (Wildman–Crippen MR) is 159 cm³/mol. The molecule has 1 aromatic heterocycles. The first-order valence-corrected chi connectivity index (χ1v) is 14.2. The Morgan fingerprint density at radius 3 is 2.32 bits per heavy atom. The number of aryl methyl sites for hydroxylation is 3. The summed E-state index contributed by atoms with van der Waals surface area (Å²) in [6.45, 7) is 13.4. The van der Waals surface area contributed by atoms with Gasteiger partial charge in [-0.15, -0.1) is 0 Å². The molecule has 2 aliphatic rings. The molecule has 0 N–H and O–H groups in total. The Balaban J connectivity index is 1.17. The molecule has 1 aliphatic carbocycles. The number of benzene rings is 3. The van der Waals surface area contributed by atoms with Gasteiger partial charge >= 0.3 is 0 Å². The molecular weight excluding hydrogens is 464 g/mol. The zero-order chi connectivity index (χ0) is 26.2. The number of aromatic nitrogens is 2. The van der Waals surface area contributed by atoms with E-state index >= 15 is 0 Å². The van der Waals surface area contributed by atoms with Crippen LogP contribution in [0.25, 0.3) is 22.2 Å². The molecule has 0 bridgehead atoms. The summed E-state index contributed by atoms with van der Waals surface area (Å²) in [6.07, 6.45) is 5.06. The quantitative estimate of drug-likeness (QED) is 0.248. The van der Waals surface area contributed by atoms with E-state index in [1.807, 2.05) is 0 Å². The van der Waals surface area contributed by atoms with Crippen LogP contribution < -0.4 is 4.90 Å². The Labute approximate surface area is 227 Å². The molecule has 196 valence electrons. The fourth-order valence-electron chi connectivity index (χ4n) is 6.26. The molecule has 4 nitrogen and oxygen atoms in total. The topological polar surface area (TPSA) is 24.3 Å². The molecule has 2 heterocycles. The van der Waals surface area contributed by atoms with Crippen LogP contribution in [0.15, 0.2) is 79.0 Å². The highest BCUT2D eigenvalue weighted by Gasteiger charge is 2.30. The first-order chi connectivity index (χ1) is 18.5. The molecule has 38 heavy (non-hydrogen) atoms. The van der Waals surface area contributed by atoms with Crippen LogP contribution >= 0.6 is 0 Å². The summed E-state index contributed by atoms with van der Waals surface area (Å²) < 4.78 is 2.08. The van der Waals surface area contributed by atoms with Crippen molar-refractivity contribution in [3.05, 3.63) is 95.7 Å². The Bertz CT molecular complexity index is 1450. The fourth-order valence-corrected chi connectivity index (χ4v) is 6.26. The minimum atomic E-state index is 0.546. The molecule has 1 saturated heterocycles. The van der Waals surface area contributed by atoms with E-state index in [9.17, 15) is 0 Å². The van der Waals surface area contributed by atoms with Crippen molar-refractivity contribution in [1.82, 2.24) is 14.7 Å². The number of anilines is 1. The minimum Gasteiger partial charge on any atom is -0.345 e. The molecule has 0 unspecified atom stereocenters. The van der Waals surface area contributed by atoms with Crippen LogP contribution in [-0.4, -0.2) is 34.3 Å². The highest BCUT2D eigenvalue weighted by Crippen LogP contribution is 2.38. The average molecular weight is 505 g/mol. The second-order valence-electron chi connectivity index (χ2n) is 11.5. The van der Waals surface area contributed by atoms with Gasteiger partial charge in [0.05, 0.1) is 5.52 Å². The van der Waals surface area contributed by atoms with E-state index in [2.05, 4.69) is 109 Å². The molecular formula is C34H40N4. The van der Waals surface area contributed by atoms with Gasteiger partial charge in [-0.2, -0.15) is 5.10 Å². The van der Waals surface area contributed by atoms with E-state index in [0.29, 0.717) is 5.92 Å². The third-order valence-electron chi connectivity index (χ3n) is 8.69. The predicted octanol–water partition coefficient (Wildman–Crippen LogP) is 7.50. The third-order valence-corrected chi connectivity index (χ3v) is 8.69. The molecule has 1 aliphatic heterocycles. The van der Waals surface area contributed by atoms with Crippen molar-refractivity contribution in [2.75, 3.05) is 24.5 Å². The highest BCUT2D eigenvalue weighted by molar-refractivity contribution is 5.95. The smallest absolute Gasteiger partial charge is 0.100 e. The van der Waals surface area contributed by atoms with E-state index in [0.717, 1.165) is 37.8 Å². The number of rotatable bonds is 8. The van der Waals surface area contributed by atoms with Gasteiger partial charge in [0.25, 0.3) is 0 Å². The number of para-hydroxylation sites is 2. The maximum Gasteiger partial charge on any atom is 0.100 e. The number of hydrogen-bond donors (Lipinski definition) is 0. The lowest BCUT2D eigenvalue weighted by Crippen LogP contribution is -2.37. The van der Waals surface area contributed by atoms with Gasteiger partial charge in [0.15, 0.2) is 0 Å². The lowest BCUT2D eigenvalue weighted by Gasteiger charge is -2.38. The zero-order valence-corrected chi connectivity index (χ0v) is 23.2. The molecule has 4 heteroatoms. The standard InChI is InChI=1S/C34H40N4/c1-24-10-5-7-13-30(24)33-31-14-9-12-29(34(31)36(4)35-33)23-37-20-18-28(19-21-37)26(3)38(22-27-16-17-27)32-15-8-6-11-25(32)2/h5-15,27-28H,3,16-23H2,1-2,4H3. The lowest BCUT2D eigenvalue weighted by molar-refractivity contribution is 0.190. The van der Waals surface area contributed by atoms with E-state index in [4.69, 9.17) is 5.10 Å². The molecule has 3 aromatic carbocycles. The summed E-state index contributed by atoms with van der Waals surface area (Å²) in [5.74, 6) is 1.38. The van der Waals surface area contributed by atoms with Crippen LogP contribution in [0.1, 0.15) is 42.4 Å². The average Bonchev–Trinajstić information content (AvgIpc) is 3.69. The van der Waals surface area contributed by atoms with Gasteiger partial charge < -0.3 is 4.90 Å². The largest absolute Gasteiger partial charge is 0.345 e. The van der Waals surface area contributed by atoms with Gasteiger partial charge in [-0.3, -0.25) is 9.58 Å². The summed E-state index contributed by atoms with van der Waals surface area (Å²) in [5, 5.41) is 6.22. The Kier molecular flexibility index (Phi) is 6.84. The first kappa shape index (κ1) is 24.9. The number of piperidine rings is 1. The number of allylic oxidation sites excluding steroid dienone is 1. The van der Waals surface area contributed by atoms with Gasteiger partial charge in [0.2, 0.25) is 0 Å². The molecule has 0 atom stereocenters. The van der Waals surface area contributed by atoms with Gasteiger partial charge in [0, 0.05) is 48.4 Å². The first-order valence-electron chi connectivity index (χ1n) is 14.2. The van der Waals surface area contributed by atoms with E-state index in [1.54, 1.807) is 0 Å². The zero-order valence-electron chi connectivity index (χ0n) is 23.2. The van der Waals surface area contributed by atoms with Gasteiger partial charge in [-0.05, 0) is 81.3 Å². The minimum absolute atomic E-state index is 0.546. The van der Waals surface area contributed by atoms with E-state index in [1.165, 1.54) is 70.2 Å². The second kappa shape index (κ2) is 10.4. The van der Waals surface area contributed by atoms with Crippen LogP contribution in [0.3, 0.4) is 0 Å². The molecule has 0 amide bonds. The van der Waals surface area contributed by atoms with Crippen molar-refractivity contribution in [2.24, 2.45) is 18.9 Å². The van der Waals surface area contributed by atoms with Crippen LogP contribution in [-0.2, 0) is 13.6 Å². The summed E-state index contributed by atoms with van der Waals surface area (Å²) >= 11 is 0. The number of fused-ring (bicyclic) bond motifs is 1. The maximum absolute atomic E-state index is 4.97. The van der Waals surface area contributed by atoms with Crippen molar-refractivity contribution in [1.29, 1.82) is 0 Å². The van der Waals surface area contributed by atoms with E-state index < -0.39 is 0 Å². The van der Waals surface area contributed by atoms with Crippen LogP contribution in [0.4, 0.5) is 5.69 Å². The number of likely N-dealkylation sites (tertiary alicyclic amines) is 1. The SMILES string of the molecule is C=C(C1CCN(Cc2cccc3c(-c4ccccc4C)nn(C)c23)CC1)N(CC1CC1)c1ccccc1C. The van der Waals surface area contributed by atoms with Crippen molar-refractivity contribution >= 4 is 16.6 Å². The van der Waals surface area contributed by atoms with Crippen molar-refractivity contribution in [3.63, 3.8) is 0 Å². The second-order valence-corrected chi connectivity index (χ2v) is 11.5. The number of nitrogens with zero attached hydrogens (tertiary/aromatic N) is 4. The fraction of sp³-hybridized carbons (Fsp3) is 0.382. The Morgan fingerprint density at radius 1 is 0.895 bits per heavy atom. The Morgan fingerprint density at radius 2 is 1.61 bits per heavy atom. The van der Waals surface area contributed by atoms with Crippen LogP contribution in [0.5, 0.6) is 0 Å². The normalized spacial score (nSPS) is 16.7. The van der Waals surface area contributed by atoms with Gasteiger partial charge in [-0.25, -0.2) is 0 Å². The number of hydrogen-bond acceptors (Lipinski definition) is 3. The van der Waals surface area contributed by atoms with E-state index in [-0.39, 0.29) is 0 Å². The maximum atomic E-state index is 4.97. The van der Waals surface area contributed by atoms with Crippen molar-refractivity contribution in [3.8, 4) is 11.3 Å². The molecule has 0 radical (unpaired) electrons. The third kappa shape index (κ3) is 4.90. The summed E-state index contributed by atoms with van der Waals surface area (Å²) in [6, 6.07) is 24.1.